The smallest absolute Gasteiger partial charge is 0.341 e. The Hall–Kier alpha value is -2.35. The Balaban J connectivity index is 1.82. The summed E-state index contributed by atoms with van der Waals surface area (Å²) in [6.07, 6.45) is -1.43. The molecule has 0 saturated carbocycles. The molecule has 0 aliphatic carbocycles. The number of hydrogen-bond acceptors (Lipinski definition) is 3. The van der Waals surface area contributed by atoms with E-state index in [1.807, 2.05) is 6.92 Å². The van der Waals surface area contributed by atoms with E-state index in [4.69, 9.17) is 0 Å². The molecule has 1 fully saturated rings. The number of H-pyrrole nitrogens is 1. The first-order valence-corrected chi connectivity index (χ1v) is 8.52. The van der Waals surface area contributed by atoms with Crippen molar-refractivity contribution in [2.45, 2.75) is 38.5 Å². The fourth-order valence-corrected chi connectivity index (χ4v) is 3.12. The predicted molar refractivity (Wildman–Crippen MR) is 90.2 cm³/mol. The van der Waals surface area contributed by atoms with Crippen molar-refractivity contribution < 1.29 is 18.0 Å². The molecule has 3 rings (SSSR count). The monoisotopic (exact) mass is 366 g/mol. The largest absolute Gasteiger partial charge is 0.416 e. The van der Waals surface area contributed by atoms with Crippen molar-refractivity contribution in [3.05, 3.63) is 52.8 Å². The van der Waals surface area contributed by atoms with E-state index in [0.29, 0.717) is 31.6 Å². The maximum Gasteiger partial charge on any atom is 0.416 e. The molecule has 1 aromatic heterocycles. The number of amides is 1. The average Bonchev–Trinajstić information content (AvgIpc) is 3.19. The standard InChI is InChI=1S/C18H21F3N4O/c1-12-14(10-23-24-12)9-22-16(11-25-7-3-6-17(25)26)13-4-2-5-15(8-13)18(19,20)21/h2,4-5,8,10,16,22H,3,6-7,9,11H2,1H3,(H,23,24)/t16-/m1/s1. The third-order valence-corrected chi connectivity index (χ3v) is 4.66. The second-order valence-corrected chi connectivity index (χ2v) is 6.52. The highest BCUT2D eigenvalue weighted by Gasteiger charge is 2.31. The van der Waals surface area contributed by atoms with Gasteiger partial charge in [0, 0.05) is 37.3 Å². The van der Waals surface area contributed by atoms with Gasteiger partial charge in [-0.15, -0.1) is 0 Å². The van der Waals surface area contributed by atoms with E-state index in [2.05, 4.69) is 15.5 Å². The number of carbonyl (C=O) groups is 1. The van der Waals surface area contributed by atoms with Gasteiger partial charge in [-0.2, -0.15) is 18.3 Å². The Labute approximate surface area is 149 Å². The second-order valence-electron chi connectivity index (χ2n) is 6.52. The van der Waals surface area contributed by atoms with E-state index in [0.717, 1.165) is 29.8 Å². The number of carbonyl (C=O) groups excluding carboxylic acids is 1. The van der Waals surface area contributed by atoms with E-state index < -0.39 is 17.8 Å². The van der Waals surface area contributed by atoms with Gasteiger partial charge in [0.1, 0.15) is 0 Å². The zero-order valence-corrected chi connectivity index (χ0v) is 14.4. The molecule has 2 aromatic rings. The lowest BCUT2D eigenvalue weighted by molar-refractivity contribution is -0.137. The molecule has 1 aliphatic heterocycles. The van der Waals surface area contributed by atoms with Crippen molar-refractivity contribution in [3.63, 3.8) is 0 Å². The summed E-state index contributed by atoms with van der Waals surface area (Å²) in [5.74, 6) is 0.0447. The fourth-order valence-electron chi connectivity index (χ4n) is 3.12. The molecule has 1 aromatic carbocycles. The van der Waals surface area contributed by atoms with Crippen molar-refractivity contribution in [3.8, 4) is 0 Å². The summed E-state index contributed by atoms with van der Waals surface area (Å²) in [6, 6.07) is 4.88. The average molecular weight is 366 g/mol. The number of likely N-dealkylation sites (tertiary alicyclic amines) is 1. The van der Waals surface area contributed by atoms with Crippen molar-refractivity contribution in [2.24, 2.45) is 0 Å². The number of aromatic nitrogens is 2. The molecular weight excluding hydrogens is 345 g/mol. The molecule has 0 spiro atoms. The molecule has 8 heteroatoms. The molecule has 1 atom stereocenters. The van der Waals surface area contributed by atoms with Crippen LogP contribution in [0, 0.1) is 6.92 Å². The van der Waals surface area contributed by atoms with E-state index >= 15 is 0 Å². The van der Waals surface area contributed by atoms with Crippen LogP contribution in [0.1, 0.15) is 41.3 Å². The van der Waals surface area contributed by atoms with Crippen LogP contribution < -0.4 is 5.32 Å². The minimum atomic E-state index is -4.40. The highest BCUT2D eigenvalue weighted by molar-refractivity contribution is 5.78. The van der Waals surface area contributed by atoms with Crippen molar-refractivity contribution >= 4 is 5.91 Å². The van der Waals surface area contributed by atoms with Crippen molar-refractivity contribution in [1.82, 2.24) is 20.4 Å². The number of rotatable bonds is 6. The molecule has 26 heavy (non-hydrogen) atoms. The third kappa shape index (κ3) is 4.24. The number of benzene rings is 1. The van der Waals surface area contributed by atoms with Crippen LogP contribution in [0.3, 0.4) is 0 Å². The van der Waals surface area contributed by atoms with Gasteiger partial charge in [-0.05, 0) is 31.0 Å². The Morgan fingerprint density at radius 1 is 1.38 bits per heavy atom. The quantitative estimate of drug-likeness (QED) is 0.825. The molecule has 1 aliphatic rings. The first-order valence-electron chi connectivity index (χ1n) is 8.52. The van der Waals surface area contributed by atoms with Gasteiger partial charge in [0.15, 0.2) is 0 Å². The van der Waals surface area contributed by atoms with E-state index in [1.54, 1.807) is 17.2 Å². The normalized spacial score (nSPS) is 16.3. The van der Waals surface area contributed by atoms with E-state index in [-0.39, 0.29) is 5.91 Å². The van der Waals surface area contributed by atoms with Gasteiger partial charge < -0.3 is 10.2 Å². The summed E-state index contributed by atoms with van der Waals surface area (Å²) in [5.41, 5.74) is 1.67. The number of nitrogens with one attached hydrogen (secondary N) is 2. The number of nitrogens with zero attached hydrogens (tertiary/aromatic N) is 2. The third-order valence-electron chi connectivity index (χ3n) is 4.66. The maximum absolute atomic E-state index is 13.1. The van der Waals surface area contributed by atoms with E-state index in [9.17, 15) is 18.0 Å². The highest BCUT2D eigenvalue weighted by Crippen LogP contribution is 2.31. The zero-order chi connectivity index (χ0) is 18.7. The van der Waals surface area contributed by atoms with Gasteiger partial charge in [-0.3, -0.25) is 9.89 Å². The van der Waals surface area contributed by atoms with Crippen LogP contribution in [0.2, 0.25) is 0 Å². The molecule has 0 unspecified atom stereocenters. The van der Waals surface area contributed by atoms with Crippen LogP contribution >= 0.6 is 0 Å². The molecule has 5 nitrogen and oxygen atoms in total. The molecule has 0 bridgehead atoms. The lowest BCUT2D eigenvalue weighted by Crippen LogP contribution is -2.36. The Kier molecular flexibility index (Phi) is 5.31. The number of hydrogen-bond donors (Lipinski definition) is 2. The summed E-state index contributed by atoms with van der Waals surface area (Å²) >= 11 is 0. The second kappa shape index (κ2) is 7.49. The molecule has 2 heterocycles. The Bertz CT molecular complexity index is 772. The highest BCUT2D eigenvalue weighted by atomic mass is 19.4. The van der Waals surface area contributed by atoms with Crippen LogP contribution in [0.25, 0.3) is 0 Å². The Morgan fingerprint density at radius 2 is 2.19 bits per heavy atom. The summed E-state index contributed by atoms with van der Waals surface area (Å²) in [5, 5.41) is 10.1. The summed E-state index contributed by atoms with van der Waals surface area (Å²) in [4.78, 5) is 13.7. The van der Waals surface area contributed by atoms with Crippen molar-refractivity contribution in [2.75, 3.05) is 13.1 Å². The van der Waals surface area contributed by atoms with Crippen LogP contribution in [0.15, 0.2) is 30.5 Å². The number of aryl methyl sites for hydroxylation is 1. The first-order chi connectivity index (χ1) is 12.3. The molecular formula is C18H21F3N4O. The number of aromatic amines is 1. The molecule has 1 saturated heterocycles. The van der Waals surface area contributed by atoms with Crippen LogP contribution in [0.5, 0.6) is 0 Å². The lowest BCUT2D eigenvalue weighted by atomic mass is 10.0. The summed E-state index contributed by atoms with van der Waals surface area (Å²) in [7, 11) is 0. The summed E-state index contributed by atoms with van der Waals surface area (Å²) in [6.45, 7) is 3.32. The SMILES string of the molecule is Cc1[nH]ncc1CN[C@H](CN1CCCC1=O)c1cccc(C(F)(F)F)c1. The minimum Gasteiger partial charge on any atom is -0.341 e. The van der Waals surface area contributed by atoms with Gasteiger partial charge in [0.25, 0.3) is 0 Å². The minimum absolute atomic E-state index is 0.0447. The Morgan fingerprint density at radius 3 is 2.81 bits per heavy atom. The van der Waals surface area contributed by atoms with E-state index in [1.165, 1.54) is 6.07 Å². The fraction of sp³-hybridized carbons (Fsp3) is 0.444. The lowest BCUT2D eigenvalue weighted by Gasteiger charge is -2.26. The van der Waals surface area contributed by atoms with Crippen molar-refractivity contribution in [1.29, 1.82) is 0 Å². The predicted octanol–water partition coefficient (Wildman–Crippen LogP) is 3.19. The molecule has 1 amide bonds. The van der Waals surface area contributed by atoms with Gasteiger partial charge >= 0.3 is 6.18 Å². The maximum atomic E-state index is 13.1. The summed E-state index contributed by atoms with van der Waals surface area (Å²) < 4.78 is 39.2. The van der Waals surface area contributed by atoms with Gasteiger partial charge in [0.2, 0.25) is 5.91 Å². The molecule has 140 valence electrons. The number of halogens is 3. The van der Waals surface area contributed by atoms with Gasteiger partial charge in [0.05, 0.1) is 17.8 Å². The molecule has 2 N–H and O–H groups in total. The van der Waals surface area contributed by atoms with Crippen LogP contribution in [0.4, 0.5) is 13.2 Å². The topological polar surface area (TPSA) is 61.0 Å². The first kappa shape index (κ1) is 18.4. The van der Waals surface area contributed by atoms with Gasteiger partial charge in [-0.25, -0.2) is 0 Å². The van der Waals surface area contributed by atoms with Gasteiger partial charge in [-0.1, -0.05) is 12.1 Å². The zero-order valence-electron chi connectivity index (χ0n) is 14.4. The van der Waals surface area contributed by atoms with Crippen LogP contribution in [-0.4, -0.2) is 34.1 Å². The molecule has 0 radical (unpaired) electrons. The van der Waals surface area contributed by atoms with Crippen LogP contribution in [-0.2, 0) is 17.5 Å². The number of alkyl halides is 3.